The lowest BCUT2D eigenvalue weighted by Gasteiger charge is -2.15. The summed E-state index contributed by atoms with van der Waals surface area (Å²) in [4.78, 5) is 11.6. The molecule has 0 bridgehead atoms. The summed E-state index contributed by atoms with van der Waals surface area (Å²) in [6, 6.07) is 0. The summed E-state index contributed by atoms with van der Waals surface area (Å²) in [6.45, 7) is 2.18. The van der Waals surface area contributed by atoms with Gasteiger partial charge in [-0.3, -0.25) is 4.79 Å². The van der Waals surface area contributed by atoms with Gasteiger partial charge in [-0.2, -0.15) is 13.2 Å². The molecule has 3 atom stereocenters. The van der Waals surface area contributed by atoms with Gasteiger partial charge in [-0.05, 0) is 26.2 Å². The molecule has 0 aromatic rings. The third-order valence-corrected chi connectivity index (χ3v) is 4.30. The predicted molar refractivity (Wildman–Crippen MR) is 72.2 cm³/mol. The molecule has 1 aliphatic rings. The molecule has 7 heteroatoms. The van der Waals surface area contributed by atoms with Crippen molar-refractivity contribution in [2.45, 2.75) is 48.8 Å². The number of carbonyl (C=O) groups is 1. The van der Waals surface area contributed by atoms with Crippen LogP contribution in [-0.4, -0.2) is 35.4 Å². The van der Waals surface area contributed by atoms with Crippen LogP contribution in [0.2, 0.25) is 0 Å². The van der Waals surface area contributed by atoms with Crippen LogP contribution in [0.3, 0.4) is 0 Å². The Bertz CT molecular complexity index is 296. The van der Waals surface area contributed by atoms with E-state index >= 15 is 0 Å². The Balaban J connectivity index is 2.26. The number of ether oxygens (including phenoxy) is 2. The standard InChI is InChI=1S/C12H18F3IO3/c1-2-18-11(17)8-6-9(16)10(7-8)19-5-3-4-12(13,14)15/h8-10H,2-7H2,1H3. The van der Waals surface area contributed by atoms with E-state index in [0.29, 0.717) is 19.4 Å². The van der Waals surface area contributed by atoms with E-state index < -0.39 is 12.6 Å². The number of halogens is 4. The Morgan fingerprint density at radius 1 is 1.37 bits per heavy atom. The smallest absolute Gasteiger partial charge is 0.389 e. The lowest BCUT2D eigenvalue weighted by molar-refractivity contribution is -0.148. The topological polar surface area (TPSA) is 35.5 Å². The normalized spacial score (nSPS) is 27.5. The molecule has 1 fully saturated rings. The van der Waals surface area contributed by atoms with Gasteiger partial charge in [0.15, 0.2) is 0 Å². The molecule has 3 unspecified atom stereocenters. The molecule has 0 amide bonds. The molecule has 1 rings (SSSR count). The van der Waals surface area contributed by atoms with E-state index in [9.17, 15) is 18.0 Å². The Kier molecular flexibility index (Phi) is 6.85. The summed E-state index contributed by atoms with van der Waals surface area (Å²) < 4.78 is 46.5. The predicted octanol–water partition coefficient (Wildman–Crippen LogP) is 3.49. The fraction of sp³-hybridized carbons (Fsp3) is 0.917. The Labute approximate surface area is 124 Å². The highest BCUT2D eigenvalue weighted by atomic mass is 127. The molecule has 0 aromatic carbocycles. The molecule has 0 aliphatic heterocycles. The van der Waals surface area contributed by atoms with Crippen LogP contribution in [-0.2, 0) is 14.3 Å². The molecule has 1 saturated carbocycles. The van der Waals surface area contributed by atoms with Gasteiger partial charge < -0.3 is 9.47 Å². The van der Waals surface area contributed by atoms with Gasteiger partial charge in [-0.25, -0.2) is 0 Å². The first kappa shape index (κ1) is 17.0. The van der Waals surface area contributed by atoms with Crippen molar-refractivity contribution in [3.8, 4) is 0 Å². The number of hydrogen-bond acceptors (Lipinski definition) is 3. The second-order valence-electron chi connectivity index (χ2n) is 4.56. The van der Waals surface area contributed by atoms with Crippen LogP contribution in [0, 0.1) is 5.92 Å². The summed E-state index contributed by atoms with van der Waals surface area (Å²) in [5, 5.41) is 0. The quantitative estimate of drug-likeness (QED) is 0.300. The zero-order valence-electron chi connectivity index (χ0n) is 10.7. The van der Waals surface area contributed by atoms with E-state index in [-0.39, 0.29) is 34.9 Å². The first-order chi connectivity index (χ1) is 8.83. The maximum absolute atomic E-state index is 12.0. The van der Waals surface area contributed by atoms with Crippen LogP contribution in [0.5, 0.6) is 0 Å². The van der Waals surface area contributed by atoms with Crippen molar-refractivity contribution in [3.05, 3.63) is 0 Å². The van der Waals surface area contributed by atoms with Gasteiger partial charge >= 0.3 is 12.1 Å². The van der Waals surface area contributed by atoms with Gasteiger partial charge in [-0.15, -0.1) is 0 Å². The average molecular weight is 394 g/mol. The Morgan fingerprint density at radius 3 is 2.63 bits per heavy atom. The van der Waals surface area contributed by atoms with E-state index in [4.69, 9.17) is 9.47 Å². The molecule has 3 nitrogen and oxygen atoms in total. The third-order valence-electron chi connectivity index (χ3n) is 2.99. The van der Waals surface area contributed by atoms with E-state index in [1.165, 1.54) is 0 Å². The first-order valence-corrected chi connectivity index (χ1v) is 7.57. The molecule has 0 spiro atoms. The SMILES string of the molecule is CCOC(=O)C1CC(I)C(OCCCC(F)(F)F)C1. The molecule has 0 radical (unpaired) electrons. The van der Waals surface area contributed by atoms with Gasteiger partial charge in [0, 0.05) is 17.0 Å². The van der Waals surface area contributed by atoms with Crippen molar-refractivity contribution in [1.29, 1.82) is 0 Å². The fourth-order valence-electron chi connectivity index (χ4n) is 2.08. The number of alkyl halides is 4. The maximum atomic E-state index is 12.0. The van der Waals surface area contributed by atoms with Gasteiger partial charge in [0.25, 0.3) is 0 Å². The number of esters is 1. The zero-order chi connectivity index (χ0) is 14.5. The Morgan fingerprint density at radius 2 is 2.05 bits per heavy atom. The van der Waals surface area contributed by atoms with Crippen molar-refractivity contribution in [1.82, 2.24) is 0 Å². The lowest BCUT2D eigenvalue weighted by atomic mass is 10.1. The minimum Gasteiger partial charge on any atom is -0.466 e. The summed E-state index contributed by atoms with van der Waals surface area (Å²) in [5.41, 5.74) is 0. The molecule has 0 N–H and O–H groups in total. The average Bonchev–Trinajstić information content (AvgIpc) is 2.66. The van der Waals surface area contributed by atoms with E-state index in [1.54, 1.807) is 6.92 Å². The number of hydrogen-bond donors (Lipinski definition) is 0. The summed E-state index contributed by atoms with van der Waals surface area (Å²) in [7, 11) is 0. The van der Waals surface area contributed by atoms with Crippen molar-refractivity contribution < 1.29 is 27.4 Å². The molecule has 19 heavy (non-hydrogen) atoms. The second-order valence-corrected chi connectivity index (χ2v) is 6.16. The third kappa shape index (κ3) is 6.29. The summed E-state index contributed by atoms with van der Waals surface area (Å²) in [5.74, 6) is -0.417. The molecule has 0 aromatic heterocycles. The van der Waals surface area contributed by atoms with E-state index in [1.807, 2.05) is 0 Å². The molecular formula is C12H18F3IO3. The van der Waals surface area contributed by atoms with Crippen molar-refractivity contribution in [2.24, 2.45) is 5.92 Å². The second kappa shape index (κ2) is 7.66. The van der Waals surface area contributed by atoms with Gasteiger partial charge in [0.1, 0.15) is 0 Å². The highest BCUT2D eigenvalue weighted by Crippen LogP contribution is 2.34. The molecule has 1 aliphatic carbocycles. The monoisotopic (exact) mass is 394 g/mol. The van der Waals surface area contributed by atoms with Crippen molar-refractivity contribution >= 4 is 28.6 Å². The molecular weight excluding hydrogens is 376 g/mol. The van der Waals surface area contributed by atoms with Crippen LogP contribution in [0.1, 0.15) is 32.6 Å². The van der Waals surface area contributed by atoms with Crippen LogP contribution < -0.4 is 0 Å². The maximum Gasteiger partial charge on any atom is 0.389 e. The largest absolute Gasteiger partial charge is 0.466 e. The zero-order valence-corrected chi connectivity index (χ0v) is 12.9. The van der Waals surface area contributed by atoms with Crippen LogP contribution >= 0.6 is 22.6 Å². The van der Waals surface area contributed by atoms with Crippen molar-refractivity contribution in [2.75, 3.05) is 13.2 Å². The number of carbonyl (C=O) groups excluding carboxylic acids is 1. The molecule has 0 saturated heterocycles. The van der Waals surface area contributed by atoms with Gasteiger partial charge in [0.05, 0.1) is 18.6 Å². The first-order valence-electron chi connectivity index (χ1n) is 6.32. The highest BCUT2D eigenvalue weighted by molar-refractivity contribution is 14.1. The lowest BCUT2D eigenvalue weighted by Crippen LogP contribution is -2.20. The molecule has 112 valence electrons. The Hall–Kier alpha value is -0.0500. The van der Waals surface area contributed by atoms with Gasteiger partial charge in [-0.1, -0.05) is 22.6 Å². The van der Waals surface area contributed by atoms with Crippen LogP contribution in [0.4, 0.5) is 13.2 Å². The van der Waals surface area contributed by atoms with E-state index in [0.717, 1.165) is 0 Å². The summed E-state index contributed by atoms with van der Waals surface area (Å²) >= 11 is 2.18. The minimum absolute atomic E-state index is 0.0343. The van der Waals surface area contributed by atoms with Crippen LogP contribution in [0.25, 0.3) is 0 Å². The minimum atomic E-state index is -4.13. The fourth-order valence-corrected chi connectivity index (χ4v) is 3.20. The summed E-state index contributed by atoms with van der Waals surface area (Å²) in [6.07, 6.45) is -3.93. The molecule has 0 heterocycles. The van der Waals surface area contributed by atoms with Crippen molar-refractivity contribution in [3.63, 3.8) is 0 Å². The van der Waals surface area contributed by atoms with E-state index in [2.05, 4.69) is 22.6 Å². The van der Waals surface area contributed by atoms with Gasteiger partial charge in [0.2, 0.25) is 0 Å². The number of rotatable bonds is 6. The highest BCUT2D eigenvalue weighted by Gasteiger charge is 2.38. The van der Waals surface area contributed by atoms with Crippen LogP contribution in [0.15, 0.2) is 0 Å².